The first-order valence-electron chi connectivity index (χ1n) is 8.42. The molecule has 4 aliphatic rings. The van der Waals surface area contributed by atoms with Crippen molar-refractivity contribution in [1.29, 1.82) is 0 Å². The topological polar surface area (TPSA) is 78.5 Å². The van der Waals surface area contributed by atoms with Crippen molar-refractivity contribution in [3.05, 3.63) is 0 Å². The number of hydrogen-bond acceptors (Lipinski definition) is 3. The van der Waals surface area contributed by atoms with Gasteiger partial charge in [0.05, 0.1) is 0 Å². The zero-order chi connectivity index (χ0) is 15.5. The molecule has 22 heavy (non-hydrogen) atoms. The van der Waals surface area contributed by atoms with Gasteiger partial charge in [0.2, 0.25) is 5.91 Å². The molecule has 0 bridgehead atoms. The van der Waals surface area contributed by atoms with Crippen LogP contribution in [0.1, 0.15) is 45.4 Å². The predicted octanol–water partition coefficient (Wildman–Crippen LogP) is 1.01. The number of amides is 4. The third-order valence-electron chi connectivity index (χ3n) is 5.58. The lowest BCUT2D eigenvalue weighted by molar-refractivity contribution is -0.135. The number of carbonyl (C=O) groups is 3. The molecule has 1 saturated heterocycles. The van der Waals surface area contributed by atoms with Gasteiger partial charge in [-0.1, -0.05) is 0 Å². The van der Waals surface area contributed by atoms with E-state index in [1.165, 1.54) is 25.7 Å². The van der Waals surface area contributed by atoms with Crippen LogP contribution in [0.5, 0.6) is 0 Å². The molecular formula is C16H23N3O3. The van der Waals surface area contributed by atoms with Gasteiger partial charge in [0.25, 0.3) is 5.91 Å². The molecule has 4 rings (SSSR count). The highest BCUT2D eigenvalue weighted by Gasteiger charge is 2.56. The molecular weight excluding hydrogens is 282 g/mol. The van der Waals surface area contributed by atoms with E-state index in [0.717, 1.165) is 17.7 Å². The maximum atomic E-state index is 12.5. The third-order valence-corrected chi connectivity index (χ3v) is 5.58. The Kier molecular flexibility index (Phi) is 3.00. The number of urea groups is 1. The van der Waals surface area contributed by atoms with Crippen molar-refractivity contribution in [2.75, 3.05) is 6.54 Å². The average Bonchev–Trinajstić information content (AvgIpc) is 3.35. The van der Waals surface area contributed by atoms with E-state index >= 15 is 0 Å². The van der Waals surface area contributed by atoms with Crippen molar-refractivity contribution in [2.45, 2.75) is 57.0 Å². The summed E-state index contributed by atoms with van der Waals surface area (Å²) in [4.78, 5) is 37.9. The molecule has 0 aromatic rings. The second kappa shape index (κ2) is 4.70. The van der Waals surface area contributed by atoms with Crippen LogP contribution in [0.3, 0.4) is 0 Å². The number of nitrogens with zero attached hydrogens (tertiary/aromatic N) is 1. The SMILES string of the molecule is C[C@@]1(C2CC2)NC(=O)N(CC(=O)NC(C2CC2)C2CC2)C1=O. The molecule has 4 fully saturated rings. The number of hydrogen-bond donors (Lipinski definition) is 2. The second-order valence-electron chi connectivity index (χ2n) is 7.57. The van der Waals surface area contributed by atoms with Gasteiger partial charge in [0.15, 0.2) is 0 Å². The average molecular weight is 305 g/mol. The Balaban J connectivity index is 1.38. The van der Waals surface area contributed by atoms with E-state index in [9.17, 15) is 14.4 Å². The molecule has 6 heteroatoms. The van der Waals surface area contributed by atoms with Crippen LogP contribution in [0.25, 0.3) is 0 Å². The fraction of sp³-hybridized carbons (Fsp3) is 0.812. The van der Waals surface area contributed by atoms with Gasteiger partial charge in [-0.15, -0.1) is 0 Å². The Bertz CT molecular complexity index is 525. The maximum absolute atomic E-state index is 12.5. The minimum absolute atomic E-state index is 0.150. The molecule has 4 amide bonds. The van der Waals surface area contributed by atoms with Gasteiger partial charge in [-0.25, -0.2) is 4.79 Å². The first-order valence-corrected chi connectivity index (χ1v) is 8.42. The quantitative estimate of drug-likeness (QED) is 0.719. The molecule has 0 unspecified atom stereocenters. The molecule has 3 saturated carbocycles. The van der Waals surface area contributed by atoms with Crippen LogP contribution >= 0.6 is 0 Å². The van der Waals surface area contributed by atoms with Gasteiger partial charge in [0, 0.05) is 6.04 Å². The smallest absolute Gasteiger partial charge is 0.325 e. The van der Waals surface area contributed by atoms with Gasteiger partial charge in [-0.3, -0.25) is 14.5 Å². The van der Waals surface area contributed by atoms with Crippen LogP contribution in [0.4, 0.5) is 4.79 Å². The summed E-state index contributed by atoms with van der Waals surface area (Å²) in [6.07, 6.45) is 6.67. The lowest BCUT2D eigenvalue weighted by Crippen LogP contribution is -2.48. The number of nitrogens with one attached hydrogen (secondary N) is 2. The minimum atomic E-state index is -0.802. The molecule has 0 aromatic heterocycles. The molecule has 0 aromatic carbocycles. The van der Waals surface area contributed by atoms with Gasteiger partial charge in [0.1, 0.15) is 12.1 Å². The van der Waals surface area contributed by atoms with E-state index in [1.807, 2.05) is 0 Å². The van der Waals surface area contributed by atoms with Crippen molar-refractivity contribution < 1.29 is 14.4 Å². The van der Waals surface area contributed by atoms with Crippen molar-refractivity contribution >= 4 is 17.8 Å². The van der Waals surface area contributed by atoms with Crippen LogP contribution < -0.4 is 10.6 Å². The zero-order valence-electron chi connectivity index (χ0n) is 12.9. The Morgan fingerprint density at radius 3 is 2.32 bits per heavy atom. The fourth-order valence-corrected chi connectivity index (χ4v) is 3.70. The van der Waals surface area contributed by atoms with Crippen LogP contribution in [-0.4, -0.2) is 40.9 Å². The van der Waals surface area contributed by atoms with Crippen LogP contribution in [0.2, 0.25) is 0 Å². The van der Waals surface area contributed by atoms with Crippen molar-refractivity contribution in [1.82, 2.24) is 15.5 Å². The fourth-order valence-electron chi connectivity index (χ4n) is 3.70. The lowest BCUT2D eigenvalue weighted by atomic mass is 9.96. The van der Waals surface area contributed by atoms with Crippen LogP contribution in [0, 0.1) is 17.8 Å². The molecule has 2 N–H and O–H groups in total. The maximum Gasteiger partial charge on any atom is 0.325 e. The molecule has 3 aliphatic carbocycles. The van der Waals surface area contributed by atoms with E-state index in [-0.39, 0.29) is 30.3 Å². The summed E-state index contributed by atoms with van der Waals surface area (Å²) in [6, 6.07) is -0.174. The highest BCUT2D eigenvalue weighted by atomic mass is 16.2. The second-order valence-corrected chi connectivity index (χ2v) is 7.57. The van der Waals surface area contributed by atoms with Crippen LogP contribution in [-0.2, 0) is 9.59 Å². The highest BCUT2D eigenvalue weighted by Crippen LogP contribution is 2.45. The standard InChI is InChI=1S/C16H23N3O3/c1-16(11-6-7-11)14(21)19(15(22)18-16)8-12(20)17-13(9-2-3-9)10-4-5-10/h9-11,13H,2-8H2,1H3,(H,17,20)(H,18,22)/t16-/m0/s1. The summed E-state index contributed by atoms with van der Waals surface area (Å²) in [5, 5.41) is 5.85. The molecule has 1 aliphatic heterocycles. The van der Waals surface area contributed by atoms with Crippen molar-refractivity contribution in [2.24, 2.45) is 17.8 Å². The van der Waals surface area contributed by atoms with Crippen molar-refractivity contribution in [3.8, 4) is 0 Å². The van der Waals surface area contributed by atoms with E-state index in [4.69, 9.17) is 0 Å². The Labute approximate surface area is 130 Å². The first-order chi connectivity index (χ1) is 10.5. The van der Waals surface area contributed by atoms with Crippen LogP contribution in [0.15, 0.2) is 0 Å². The van der Waals surface area contributed by atoms with Crippen molar-refractivity contribution in [3.63, 3.8) is 0 Å². The summed E-state index contributed by atoms with van der Waals surface area (Å²) in [5.74, 6) is 0.993. The summed E-state index contributed by atoms with van der Waals surface area (Å²) < 4.78 is 0. The highest BCUT2D eigenvalue weighted by molar-refractivity contribution is 6.09. The minimum Gasteiger partial charge on any atom is -0.351 e. The first kappa shape index (κ1) is 14.0. The van der Waals surface area contributed by atoms with E-state index < -0.39 is 11.6 Å². The van der Waals surface area contributed by atoms with Gasteiger partial charge in [-0.05, 0) is 63.2 Å². The number of imide groups is 1. The summed E-state index contributed by atoms with van der Waals surface area (Å²) in [6.45, 7) is 1.63. The molecule has 120 valence electrons. The largest absolute Gasteiger partial charge is 0.351 e. The van der Waals surface area contributed by atoms with Gasteiger partial charge in [-0.2, -0.15) is 0 Å². The van der Waals surface area contributed by atoms with Gasteiger partial charge >= 0.3 is 6.03 Å². The summed E-state index contributed by atoms with van der Waals surface area (Å²) in [7, 11) is 0. The summed E-state index contributed by atoms with van der Waals surface area (Å²) >= 11 is 0. The third kappa shape index (κ3) is 2.38. The molecule has 6 nitrogen and oxygen atoms in total. The van der Waals surface area contributed by atoms with E-state index in [0.29, 0.717) is 11.8 Å². The Morgan fingerprint density at radius 1 is 1.23 bits per heavy atom. The number of carbonyl (C=O) groups excluding carboxylic acids is 3. The van der Waals surface area contributed by atoms with Gasteiger partial charge < -0.3 is 10.6 Å². The molecule has 0 radical (unpaired) electrons. The molecule has 1 heterocycles. The Morgan fingerprint density at radius 2 is 1.82 bits per heavy atom. The van der Waals surface area contributed by atoms with E-state index in [2.05, 4.69) is 10.6 Å². The molecule has 1 atom stereocenters. The summed E-state index contributed by atoms with van der Waals surface area (Å²) in [5.41, 5.74) is -0.802. The lowest BCUT2D eigenvalue weighted by Gasteiger charge is -2.22. The predicted molar refractivity (Wildman–Crippen MR) is 78.8 cm³/mol. The molecule has 0 spiro atoms. The normalized spacial score (nSPS) is 31.6. The monoisotopic (exact) mass is 305 g/mol. The Hall–Kier alpha value is -1.59. The number of rotatable bonds is 6. The van der Waals surface area contributed by atoms with E-state index in [1.54, 1.807) is 6.92 Å². The zero-order valence-corrected chi connectivity index (χ0v) is 12.9.